The molecule has 5 nitrogen and oxygen atoms in total. The maximum Gasteiger partial charge on any atom is 0.352 e. The number of aliphatic imine (C=N–C) groups is 1. The summed E-state index contributed by atoms with van der Waals surface area (Å²) in [6.07, 6.45) is 4.26. The molecule has 2 heterocycles. The number of thioether (sulfide) groups is 1. The standard InChI is InChI=1S/C13H15BrN2O3S/c14-5-7-6-20-12-9(15-8-3-1-2-4-8)11(17)16(12)10(7)13(18)19/h9,12H,1-6H2,(H,18,19)/t9-,12-/m1/s1. The second-order valence-corrected chi connectivity index (χ2v) is 6.81. The number of hydrogen-bond acceptors (Lipinski definition) is 4. The Bertz CT molecular complexity index is 524. The van der Waals surface area contributed by atoms with Gasteiger partial charge in [-0.2, -0.15) is 0 Å². The van der Waals surface area contributed by atoms with E-state index < -0.39 is 5.97 Å². The van der Waals surface area contributed by atoms with Crippen LogP contribution in [-0.2, 0) is 9.59 Å². The lowest BCUT2D eigenvalue weighted by Crippen LogP contribution is -2.64. The summed E-state index contributed by atoms with van der Waals surface area (Å²) in [6, 6.07) is -0.376. The molecule has 7 heteroatoms. The Morgan fingerprint density at radius 1 is 1.45 bits per heavy atom. The van der Waals surface area contributed by atoms with Gasteiger partial charge in [0.25, 0.3) is 5.91 Å². The molecule has 0 unspecified atom stereocenters. The average molecular weight is 359 g/mol. The molecule has 0 aromatic carbocycles. The largest absolute Gasteiger partial charge is 0.477 e. The molecule has 0 bridgehead atoms. The van der Waals surface area contributed by atoms with E-state index in [1.165, 1.54) is 4.90 Å². The second-order valence-electron chi connectivity index (χ2n) is 5.15. The van der Waals surface area contributed by atoms with Gasteiger partial charge < -0.3 is 5.11 Å². The molecule has 0 aromatic rings. The maximum absolute atomic E-state index is 12.3. The van der Waals surface area contributed by atoms with Crippen molar-refractivity contribution in [2.45, 2.75) is 37.1 Å². The van der Waals surface area contributed by atoms with Gasteiger partial charge in [0.1, 0.15) is 11.1 Å². The van der Waals surface area contributed by atoms with Crippen molar-refractivity contribution in [1.82, 2.24) is 4.90 Å². The third-order valence-electron chi connectivity index (χ3n) is 3.89. The summed E-state index contributed by atoms with van der Waals surface area (Å²) >= 11 is 4.91. The van der Waals surface area contributed by atoms with Crippen LogP contribution in [0.25, 0.3) is 0 Å². The van der Waals surface area contributed by atoms with E-state index in [1.54, 1.807) is 11.8 Å². The molecule has 2 fully saturated rings. The van der Waals surface area contributed by atoms with Gasteiger partial charge in [-0.3, -0.25) is 14.7 Å². The maximum atomic E-state index is 12.3. The number of nitrogens with zero attached hydrogens (tertiary/aromatic N) is 2. The van der Waals surface area contributed by atoms with E-state index in [0.29, 0.717) is 11.1 Å². The van der Waals surface area contributed by atoms with Gasteiger partial charge in [-0.25, -0.2) is 4.79 Å². The van der Waals surface area contributed by atoms with Crippen molar-refractivity contribution < 1.29 is 14.7 Å². The number of alkyl halides is 1. The predicted molar refractivity (Wildman–Crippen MR) is 81.2 cm³/mol. The molecule has 2 atom stereocenters. The van der Waals surface area contributed by atoms with E-state index in [9.17, 15) is 14.7 Å². The Morgan fingerprint density at radius 3 is 2.75 bits per heavy atom. The van der Waals surface area contributed by atoms with Crippen molar-refractivity contribution in [1.29, 1.82) is 0 Å². The molecule has 1 N–H and O–H groups in total. The van der Waals surface area contributed by atoms with Gasteiger partial charge >= 0.3 is 5.97 Å². The molecule has 2 aliphatic heterocycles. The summed E-state index contributed by atoms with van der Waals surface area (Å²) < 4.78 is 0. The van der Waals surface area contributed by atoms with Crippen LogP contribution in [0.15, 0.2) is 16.3 Å². The van der Waals surface area contributed by atoms with E-state index in [2.05, 4.69) is 20.9 Å². The van der Waals surface area contributed by atoms with Crippen LogP contribution in [0.4, 0.5) is 0 Å². The highest BCUT2D eigenvalue weighted by Gasteiger charge is 2.53. The van der Waals surface area contributed by atoms with Crippen molar-refractivity contribution in [3.8, 4) is 0 Å². The van der Waals surface area contributed by atoms with Crippen molar-refractivity contribution in [2.24, 2.45) is 4.99 Å². The number of aliphatic carboxylic acids is 1. The van der Waals surface area contributed by atoms with Gasteiger partial charge in [-0.1, -0.05) is 15.9 Å². The van der Waals surface area contributed by atoms with Gasteiger partial charge in [0, 0.05) is 16.8 Å². The summed E-state index contributed by atoms with van der Waals surface area (Å²) in [6.45, 7) is 0. The normalized spacial score (nSPS) is 29.4. The Balaban J connectivity index is 1.85. The topological polar surface area (TPSA) is 70.0 Å². The van der Waals surface area contributed by atoms with Gasteiger partial charge in [0.2, 0.25) is 0 Å². The van der Waals surface area contributed by atoms with E-state index in [1.807, 2.05) is 0 Å². The fourth-order valence-electron chi connectivity index (χ4n) is 2.86. The van der Waals surface area contributed by atoms with Gasteiger partial charge in [-0.15, -0.1) is 11.8 Å². The Labute approximate surface area is 129 Å². The first-order valence-corrected chi connectivity index (χ1v) is 8.82. The molecular formula is C13H15BrN2O3S. The first-order chi connectivity index (χ1) is 9.63. The molecule has 0 radical (unpaired) electrons. The lowest BCUT2D eigenvalue weighted by molar-refractivity contribution is -0.147. The van der Waals surface area contributed by atoms with Crippen molar-refractivity contribution >= 4 is 45.3 Å². The first-order valence-electron chi connectivity index (χ1n) is 6.65. The minimum Gasteiger partial charge on any atom is -0.477 e. The highest BCUT2D eigenvalue weighted by atomic mass is 79.9. The smallest absolute Gasteiger partial charge is 0.352 e. The third-order valence-corrected chi connectivity index (χ3v) is 5.89. The van der Waals surface area contributed by atoms with E-state index in [0.717, 1.165) is 37.0 Å². The molecule has 1 saturated carbocycles. The molecule has 1 aliphatic carbocycles. The zero-order chi connectivity index (χ0) is 14.3. The molecule has 20 heavy (non-hydrogen) atoms. The summed E-state index contributed by atoms with van der Waals surface area (Å²) in [4.78, 5) is 29.6. The quantitative estimate of drug-likeness (QED) is 0.618. The van der Waals surface area contributed by atoms with Crippen LogP contribution in [0.3, 0.4) is 0 Å². The van der Waals surface area contributed by atoms with Crippen LogP contribution in [0, 0.1) is 0 Å². The monoisotopic (exact) mass is 358 g/mol. The van der Waals surface area contributed by atoms with Crippen molar-refractivity contribution in [3.05, 3.63) is 11.3 Å². The molecule has 0 aromatic heterocycles. The van der Waals surface area contributed by atoms with Crippen LogP contribution in [0.2, 0.25) is 0 Å². The highest BCUT2D eigenvalue weighted by Crippen LogP contribution is 2.42. The number of fused-ring (bicyclic) bond motifs is 1. The molecule has 108 valence electrons. The average Bonchev–Trinajstić information content (AvgIpc) is 2.95. The predicted octanol–water partition coefficient (Wildman–Crippen LogP) is 2.02. The molecule has 3 aliphatic rings. The highest BCUT2D eigenvalue weighted by molar-refractivity contribution is 9.09. The van der Waals surface area contributed by atoms with Crippen LogP contribution in [0.1, 0.15) is 25.7 Å². The number of carboxylic acid groups (broad SMARTS) is 1. The SMILES string of the molecule is O=C(O)C1=C(CBr)CS[C@@H]2[C@H](N=C3CCCC3)C(=O)N12. The van der Waals surface area contributed by atoms with Crippen molar-refractivity contribution in [3.63, 3.8) is 0 Å². The lowest BCUT2D eigenvalue weighted by atomic mass is 10.0. The Hall–Kier alpha value is -0.820. The molecule has 1 amide bonds. The number of carbonyl (C=O) groups excluding carboxylic acids is 1. The molecular weight excluding hydrogens is 344 g/mol. The Morgan fingerprint density at radius 2 is 2.15 bits per heavy atom. The number of hydrogen-bond donors (Lipinski definition) is 1. The van der Waals surface area contributed by atoms with Gasteiger partial charge in [-0.05, 0) is 31.3 Å². The minimum absolute atomic E-state index is 0.135. The first kappa shape index (κ1) is 14.1. The summed E-state index contributed by atoms with van der Waals surface area (Å²) in [7, 11) is 0. The van der Waals surface area contributed by atoms with Crippen LogP contribution < -0.4 is 0 Å². The third kappa shape index (κ3) is 2.20. The summed E-state index contributed by atoms with van der Waals surface area (Å²) in [5.41, 5.74) is 2.04. The number of rotatable bonds is 3. The zero-order valence-corrected chi connectivity index (χ0v) is 13.2. The molecule has 1 saturated heterocycles. The Kier molecular flexibility index (Phi) is 3.90. The number of carboxylic acids is 1. The van der Waals surface area contributed by atoms with Crippen molar-refractivity contribution in [2.75, 3.05) is 11.1 Å². The zero-order valence-electron chi connectivity index (χ0n) is 10.8. The van der Waals surface area contributed by atoms with E-state index in [4.69, 9.17) is 0 Å². The molecule has 3 rings (SSSR count). The fraction of sp³-hybridized carbons (Fsp3) is 0.615. The van der Waals surface area contributed by atoms with E-state index in [-0.39, 0.29) is 23.0 Å². The van der Waals surface area contributed by atoms with Crippen LogP contribution in [-0.4, -0.2) is 50.1 Å². The fourth-order valence-corrected chi connectivity index (χ4v) is 4.92. The van der Waals surface area contributed by atoms with Gasteiger partial charge in [0.15, 0.2) is 6.04 Å². The van der Waals surface area contributed by atoms with Crippen LogP contribution >= 0.6 is 27.7 Å². The van der Waals surface area contributed by atoms with Gasteiger partial charge in [0.05, 0.1) is 0 Å². The van der Waals surface area contributed by atoms with E-state index >= 15 is 0 Å². The van der Waals surface area contributed by atoms with Crippen LogP contribution in [0.5, 0.6) is 0 Å². The summed E-state index contributed by atoms with van der Waals surface area (Å²) in [5, 5.41) is 9.68. The minimum atomic E-state index is -1.02. The lowest BCUT2D eigenvalue weighted by Gasteiger charge is -2.47. The number of carbonyl (C=O) groups is 2. The summed E-state index contributed by atoms with van der Waals surface area (Å²) in [5.74, 6) is -0.551. The number of halogens is 1. The second kappa shape index (κ2) is 5.52. The molecule has 0 spiro atoms. The number of β-lactam (4-membered cyclic amide) rings is 1. The number of amides is 1.